The quantitative estimate of drug-likeness (QED) is 0.0100. The van der Waals surface area contributed by atoms with E-state index in [0.29, 0.717) is 11.0 Å². The molecule has 5 atom stereocenters. The van der Waals surface area contributed by atoms with Crippen LogP contribution in [0.2, 0.25) is 0 Å². The molecule has 1 unspecified atom stereocenters. The molecule has 0 radical (unpaired) electrons. The number of hydrogen-bond acceptors (Lipinski definition) is 11. The highest BCUT2D eigenvalue weighted by molar-refractivity contribution is 8.00. The van der Waals surface area contributed by atoms with Gasteiger partial charge in [0.1, 0.15) is 25.8 Å². The van der Waals surface area contributed by atoms with E-state index in [1.165, 1.54) is 95.1 Å². The second-order valence-electron chi connectivity index (χ2n) is 17.0. The summed E-state index contributed by atoms with van der Waals surface area (Å²) >= 11 is 1.24. The number of allylic oxidation sites excluding steroid dienone is 10. The number of carboxylic acid groups (broad SMARTS) is 1. The molecule has 0 heterocycles. The number of aliphatic hydroxyl groups excluding tert-OH is 1. The Balaban J connectivity index is 5.21. The van der Waals surface area contributed by atoms with Crippen LogP contribution in [0.15, 0.2) is 73.1 Å². The van der Waals surface area contributed by atoms with Gasteiger partial charge in [0.15, 0.2) is 6.10 Å². The Hall–Kier alpha value is -2.48. The van der Waals surface area contributed by atoms with Crippen molar-refractivity contribution >= 4 is 31.5 Å². The van der Waals surface area contributed by atoms with Crippen molar-refractivity contribution in [3.05, 3.63) is 73.1 Å². The summed E-state index contributed by atoms with van der Waals surface area (Å²) in [5.41, 5.74) is 6.26. The summed E-state index contributed by atoms with van der Waals surface area (Å²) in [4.78, 5) is 36.8. The monoisotopic (exact) mass is 927 g/mol. The standard InChI is InChI=1S/C49H87N2O10PS/c1-6-8-10-12-14-16-18-20-21-22-23-25-27-29-31-33-39-58-41-44(42-60-62(56,57)59-40-38-51(3,4)5)61-49(55)45(50)43-63-47(46(52)35-34-37-48(53)54)36-32-30-28-26-24-19-17-15-13-11-9-7-2/h15-18,24,26,28,30,32-33,36,39,44-47,52H,6-14,19-23,25,27,29,31,34-35,37-38,40-43,50H2,1-5H3,(H-,53,54,56,57)/b17-15-,18-16-,26-24-,30-28+,36-32+,39-33+/t44-,45+,46+,47-/m1/s1. The summed E-state index contributed by atoms with van der Waals surface area (Å²) in [7, 11) is 1.01. The van der Waals surface area contributed by atoms with Crippen LogP contribution in [0.3, 0.4) is 0 Å². The van der Waals surface area contributed by atoms with Crippen LogP contribution in [0.25, 0.3) is 0 Å². The average Bonchev–Trinajstić information content (AvgIpc) is 3.22. The number of quaternary nitrogens is 1. The third-order valence-electron chi connectivity index (χ3n) is 9.79. The second kappa shape index (κ2) is 41.0. The fourth-order valence-electron chi connectivity index (χ4n) is 5.93. The molecule has 12 nitrogen and oxygen atoms in total. The molecule has 0 spiro atoms. The lowest BCUT2D eigenvalue weighted by Gasteiger charge is -2.28. The lowest BCUT2D eigenvalue weighted by molar-refractivity contribution is -0.870. The first-order chi connectivity index (χ1) is 30.2. The normalized spacial score (nSPS) is 15.6. The summed E-state index contributed by atoms with van der Waals surface area (Å²) in [5, 5.41) is 19.5. The van der Waals surface area contributed by atoms with Gasteiger partial charge in [0.25, 0.3) is 7.82 Å². The topological polar surface area (TPSA) is 178 Å². The van der Waals surface area contributed by atoms with Crippen LogP contribution in [0.5, 0.6) is 0 Å². The van der Waals surface area contributed by atoms with Crippen molar-refractivity contribution in [1.29, 1.82) is 0 Å². The predicted molar refractivity (Wildman–Crippen MR) is 259 cm³/mol. The van der Waals surface area contributed by atoms with Crippen LogP contribution in [0.4, 0.5) is 0 Å². The number of carbonyl (C=O) groups is 2. The van der Waals surface area contributed by atoms with Crippen LogP contribution < -0.4 is 10.6 Å². The molecule has 0 aliphatic heterocycles. The molecule has 0 fully saturated rings. The average molecular weight is 927 g/mol. The van der Waals surface area contributed by atoms with E-state index in [2.05, 4.69) is 38.2 Å². The maximum absolute atomic E-state index is 13.2. The number of phosphoric ester groups is 1. The number of ether oxygens (including phenoxy) is 2. The van der Waals surface area contributed by atoms with Gasteiger partial charge in [-0.1, -0.05) is 132 Å². The van der Waals surface area contributed by atoms with Crippen LogP contribution in [-0.4, -0.2) is 103 Å². The van der Waals surface area contributed by atoms with Crippen molar-refractivity contribution < 1.29 is 52.3 Å². The Morgan fingerprint density at radius 3 is 1.95 bits per heavy atom. The molecule has 14 heteroatoms. The van der Waals surface area contributed by atoms with Crippen LogP contribution >= 0.6 is 19.6 Å². The number of nitrogens with two attached hydrogens (primary N) is 1. The van der Waals surface area contributed by atoms with Crippen LogP contribution in [-0.2, 0) is 32.7 Å². The number of nitrogens with zero attached hydrogens (tertiary/aromatic N) is 1. The lowest BCUT2D eigenvalue weighted by Crippen LogP contribution is -2.40. The molecule has 0 aromatic carbocycles. The zero-order valence-electron chi connectivity index (χ0n) is 39.7. The number of phosphoric acid groups is 1. The van der Waals surface area contributed by atoms with Gasteiger partial charge in [0, 0.05) is 17.4 Å². The molecule has 0 saturated carbocycles. The molecule has 0 saturated heterocycles. The minimum Gasteiger partial charge on any atom is -0.756 e. The Morgan fingerprint density at radius 2 is 1.32 bits per heavy atom. The Labute approximate surface area is 386 Å². The van der Waals surface area contributed by atoms with Crippen LogP contribution in [0.1, 0.15) is 149 Å². The van der Waals surface area contributed by atoms with Gasteiger partial charge < -0.3 is 43.8 Å². The molecular formula is C49H87N2O10PS. The maximum atomic E-state index is 13.2. The van der Waals surface area contributed by atoms with E-state index in [9.17, 15) is 24.2 Å². The number of unbranched alkanes of at least 4 members (excludes halogenated alkanes) is 14. The number of carboxylic acids is 1. The first kappa shape index (κ1) is 60.5. The maximum Gasteiger partial charge on any atom is 0.324 e. The third-order valence-corrected chi connectivity index (χ3v) is 12.2. The number of thioether (sulfide) groups is 1. The fourth-order valence-corrected chi connectivity index (χ4v) is 7.78. The molecule has 0 amide bonds. The summed E-state index contributed by atoms with van der Waals surface area (Å²) in [5.74, 6) is -1.67. The molecule has 0 aliphatic rings. The number of rotatable bonds is 43. The molecule has 0 aliphatic carbocycles. The van der Waals surface area contributed by atoms with E-state index in [0.717, 1.165) is 38.5 Å². The largest absolute Gasteiger partial charge is 0.756 e. The van der Waals surface area contributed by atoms with Gasteiger partial charge in [-0.25, -0.2) is 0 Å². The fraction of sp³-hybridized carbons (Fsp3) is 0.714. The predicted octanol–water partition coefficient (Wildman–Crippen LogP) is 10.5. The minimum atomic E-state index is -4.71. The Bertz CT molecular complexity index is 1360. The second-order valence-corrected chi connectivity index (χ2v) is 19.7. The molecule has 0 aromatic heterocycles. The van der Waals surface area contributed by atoms with Gasteiger partial charge in [-0.05, 0) is 76.7 Å². The number of aliphatic hydroxyl groups is 1. The van der Waals surface area contributed by atoms with Gasteiger partial charge in [-0.15, -0.1) is 11.8 Å². The highest BCUT2D eigenvalue weighted by atomic mass is 32.2. The molecule has 364 valence electrons. The van der Waals surface area contributed by atoms with Crippen molar-refractivity contribution in [2.45, 2.75) is 172 Å². The first-order valence-electron chi connectivity index (χ1n) is 23.6. The Kier molecular flexibility index (Phi) is 39.4. The zero-order valence-corrected chi connectivity index (χ0v) is 41.4. The highest BCUT2D eigenvalue weighted by Crippen LogP contribution is 2.38. The number of hydrogen-bond donors (Lipinski definition) is 3. The zero-order chi connectivity index (χ0) is 46.9. The van der Waals surface area contributed by atoms with Gasteiger partial charge in [-0.3, -0.25) is 14.2 Å². The SMILES string of the molecule is CCCCC/C=C\C\C=C/C=C/C=C/[C@@H](SC[C@H](N)C(=O)O[C@H](CO/C=C/CCCCCCCC/C=C\CCCCCC)COP(=O)([O-])OCC[N+](C)(C)C)[C@@H](O)CCCC(=O)O. The van der Waals surface area contributed by atoms with E-state index in [4.69, 9.17) is 29.4 Å². The van der Waals surface area contributed by atoms with Gasteiger partial charge in [-0.2, -0.15) is 0 Å². The minimum absolute atomic E-state index is 0.0663. The number of likely N-dealkylation sites (N-methyl/N-ethyl adjacent to an activating group) is 1. The van der Waals surface area contributed by atoms with Crippen molar-refractivity contribution in [1.82, 2.24) is 0 Å². The molecule has 0 aromatic rings. The van der Waals surface area contributed by atoms with E-state index in [1.54, 1.807) is 12.2 Å². The summed E-state index contributed by atoms with van der Waals surface area (Å²) < 4.78 is 34.4. The van der Waals surface area contributed by atoms with Crippen molar-refractivity contribution in [2.24, 2.45) is 5.73 Å². The number of esters is 1. The number of carbonyl (C=O) groups excluding carboxylic acids is 1. The highest BCUT2D eigenvalue weighted by Gasteiger charge is 2.26. The summed E-state index contributed by atoms with van der Waals surface area (Å²) in [6.45, 7) is 4.09. The molecular weight excluding hydrogens is 840 g/mol. The molecule has 0 rings (SSSR count). The Morgan fingerprint density at radius 1 is 0.746 bits per heavy atom. The van der Waals surface area contributed by atoms with E-state index in [-0.39, 0.29) is 38.2 Å². The van der Waals surface area contributed by atoms with Crippen molar-refractivity contribution in [3.63, 3.8) is 0 Å². The smallest absolute Gasteiger partial charge is 0.324 e. The van der Waals surface area contributed by atoms with Crippen molar-refractivity contribution in [3.8, 4) is 0 Å². The molecule has 0 bridgehead atoms. The third kappa shape index (κ3) is 41.9. The summed E-state index contributed by atoms with van der Waals surface area (Å²) in [6.07, 6.45) is 43.2. The van der Waals surface area contributed by atoms with Gasteiger partial charge >= 0.3 is 11.9 Å². The van der Waals surface area contributed by atoms with Crippen molar-refractivity contribution in [2.75, 3.05) is 53.3 Å². The molecule has 4 N–H and O–H groups in total. The first-order valence-corrected chi connectivity index (χ1v) is 26.2. The summed E-state index contributed by atoms with van der Waals surface area (Å²) in [6, 6.07) is -1.12. The van der Waals surface area contributed by atoms with Gasteiger partial charge in [0.2, 0.25) is 0 Å². The lowest BCUT2D eigenvalue weighted by atomic mass is 10.1. The number of aliphatic carboxylic acids is 1. The van der Waals surface area contributed by atoms with E-state index < -0.39 is 49.9 Å². The van der Waals surface area contributed by atoms with E-state index >= 15 is 0 Å². The van der Waals surface area contributed by atoms with E-state index in [1.807, 2.05) is 51.5 Å². The van der Waals surface area contributed by atoms with Gasteiger partial charge in [0.05, 0.1) is 40.1 Å². The van der Waals surface area contributed by atoms with Crippen LogP contribution in [0, 0.1) is 0 Å². The molecule has 63 heavy (non-hydrogen) atoms.